The number of nitrogens with one attached hydrogen (secondary N) is 1. The first-order valence-electron chi connectivity index (χ1n) is 10.2. The lowest BCUT2D eigenvalue weighted by Crippen LogP contribution is -2.35. The molecule has 1 saturated heterocycles. The Labute approximate surface area is 169 Å². The number of amides is 1. The zero-order valence-corrected chi connectivity index (χ0v) is 18.3. The molecule has 0 spiro atoms. The molecule has 1 aromatic rings. The molecule has 0 atom stereocenters. The van der Waals surface area contributed by atoms with E-state index in [4.69, 9.17) is 0 Å². The van der Waals surface area contributed by atoms with Crippen molar-refractivity contribution in [1.29, 1.82) is 0 Å². The monoisotopic (exact) mass is 407 g/mol. The van der Waals surface area contributed by atoms with Gasteiger partial charge in [-0.15, -0.1) is 0 Å². The standard InChI is InChI=1S/C21H33N3O3S/c1-16(2)13-19(14-17(3)4)22-23-21(25)18-9-8-10-20(15-18)28(26,27)24-11-6-5-7-12-24/h8-10,15-17H,5-7,11-14H2,1-4H3,(H,23,25). The zero-order valence-electron chi connectivity index (χ0n) is 17.4. The van der Waals surface area contributed by atoms with Crippen LogP contribution in [0.3, 0.4) is 0 Å². The quantitative estimate of drug-likeness (QED) is 0.522. The van der Waals surface area contributed by atoms with Gasteiger partial charge in [0.15, 0.2) is 0 Å². The second-order valence-corrected chi connectivity index (χ2v) is 10.2. The van der Waals surface area contributed by atoms with Gasteiger partial charge in [-0.3, -0.25) is 4.79 Å². The van der Waals surface area contributed by atoms with E-state index in [9.17, 15) is 13.2 Å². The molecule has 1 heterocycles. The number of nitrogens with zero attached hydrogens (tertiary/aromatic N) is 2. The average molecular weight is 408 g/mol. The van der Waals surface area contributed by atoms with Crippen LogP contribution in [0.5, 0.6) is 0 Å². The van der Waals surface area contributed by atoms with Crippen LogP contribution in [0.1, 0.15) is 70.2 Å². The number of carbonyl (C=O) groups excluding carboxylic acids is 1. The fourth-order valence-corrected chi connectivity index (χ4v) is 4.93. The van der Waals surface area contributed by atoms with Crippen LogP contribution in [0.15, 0.2) is 34.3 Å². The fraction of sp³-hybridized carbons (Fsp3) is 0.619. The lowest BCUT2D eigenvalue weighted by atomic mass is 9.99. The van der Waals surface area contributed by atoms with E-state index >= 15 is 0 Å². The fourth-order valence-electron chi connectivity index (χ4n) is 3.36. The van der Waals surface area contributed by atoms with Gasteiger partial charge in [0, 0.05) is 24.4 Å². The number of benzene rings is 1. The Bertz CT molecular complexity index is 783. The number of hydrazone groups is 1. The number of hydrogen-bond donors (Lipinski definition) is 1. The van der Waals surface area contributed by atoms with Crippen LogP contribution in [-0.4, -0.2) is 37.4 Å². The van der Waals surface area contributed by atoms with Crippen LogP contribution in [0.4, 0.5) is 0 Å². The van der Waals surface area contributed by atoms with Gasteiger partial charge in [-0.2, -0.15) is 9.41 Å². The van der Waals surface area contributed by atoms with E-state index in [2.05, 4.69) is 38.2 Å². The highest BCUT2D eigenvalue weighted by Crippen LogP contribution is 2.21. The van der Waals surface area contributed by atoms with Crippen molar-refractivity contribution in [2.24, 2.45) is 16.9 Å². The molecule has 0 aromatic heterocycles. The summed E-state index contributed by atoms with van der Waals surface area (Å²) in [6.07, 6.45) is 4.45. The van der Waals surface area contributed by atoms with Crippen LogP contribution in [0, 0.1) is 11.8 Å². The molecular formula is C21H33N3O3S. The minimum absolute atomic E-state index is 0.163. The number of rotatable bonds is 8. The Morgan fingerprint density at radius 1 is 1.07 bits per heavy atom. The molecule has 1 aliphatic rings. The zero-order chi connectivity index (χ0) is 20.7. The minimum atomic E-state index is -3.56. The topological polar surface area (TPSA) is 78.8 Å². The third-order valence-electron chi connectivity index (χ3n) is 4.65. The normalized spacial score (nSPS) is 15.6. The second-order valence-electron chi connectivity index (χ2n) is 8.31. The van der Waals surface area contributed by atoms with Crippen molar-refractivity contribution < 1.29 is 13.2 Å². The highest BCUT2D eigenvalue weighted by Gasteiger charge is 2.26. The van der Waals surface area contributed by atoms with Crippen molar-refractivity contribution in [3.8, 4) is 0 Å². The molecule has 0 aliphatic carbocycles. The average Bonchev–Trinajstić information content (AvgIpc) is 2.65. The van der Waals surface area contributed by atoms with Gasteiger partial charge in [-0.05, 0) is 55.7 Å². The van der Waals surface area contributed by atoms with Crippen LogP contribution in [0.2, 0.25) is 0 Å². The first kappa shape index (κ1) is 22.6. The third kappa shape index (κ3) is 6.41. The highest BCUT2D eigenvalue weighted by molar-refractivity contribution is 7.89. The van der Waals surface area contributed by atoms with Gasteiger partial charge >= 0.3 is 0 Å². The first-order valence-corrected chi connectivity index (χ1v) is 11.6. The van der Waals surface area contributed by atoms with E-state index in [1.165, 1.54) is 10.4 Å². The van der Waals surface area contributed by atoms with Crippen molar-refractivity contribution in [3.63, 3.8) is 0 Å². The largest absolute Gasteiger partial charge is 0.271 e. The Hall–Kier alpha value is -1.73. The predicted octanol–water partition coefficient (Wildman–Crippen LogP) is 4.04. The van der Waals surface area contributed by atoms with Crippen molar-refractivity contribution in [1.82, 2.24) is 9.73 Å². The number of piperidine rings is 1. The van der Waals surface area contributed by atoms with Gasteiger partial charge in [0.25, 0.3) is 5.91 Å². The van der Waals surface area contributed by atoms with Crippen molar-refractivity contribution in [3.05, 3.63) is 29.8 Å². The Morgan fingerprint density at radius 3 is 2.25 bits per heavy atom. The molecule has 1 aromatic carbocycles. The SMILES string of the molecule is CC(C)CC(CC(C)C)=NNC(=O)c1cccc(S(=O)(=O)N2CCCCC2)c1. The molecule has 0 saturated carbocycles. The summed E-state index contributed by atoms with van der Waals surface area (Å²) in [4.78, 5) is 12.7. The summed E-state index contributed by atoms with van der Waals surface area (Å²) >= 11 is 0. The summed E-state index contributed by atoms with van der Waals surface area (Å²) in [7, 11) is -3.56. The summed E-state index contributed by atoms with van der Waals surface area (Å²) < 4.78 is 27.2. The Balaban J connectivity index is 2.15. The van der Waals surface area contributed by atoms with E-state index in [-0.39, 0.29) is 10.8 Å². The maximum Gasteiger partial charge on any atom is 0.271 e. The Morgan fingerprint density at radius 2 is 1.68 bits per heavy atom. The van der Waals surface area contributed by atoms with Gasteiger partial charge in [0.1, 0.15) is 0 Å². The molecule has 156 valence electrons. The molecule has 0 unspecified atom stereocenters. The summed E-state index contributed by atoms with van der Waals surface area (Å²) in [5, 5.41) is 4.32. The van der Waals surface area contributed by atoms with Crippen LogP contribution >= 0.6 is 0 Å². The van der Waals surface area contributed by atoms with Crippen LogP contribution in [-0.2, 0) is 10.0 Å². The lowest BCUT2D eigenvalue weighted by Gasteiger charge is -2.26. The van der Waals surface area contributed by atoms with E-state index in [0.717, 1.165) is 37.8 Å². The predicted molar refractivity (Wildman–Crippen MR) is 113 cm³/mol. The molecule has 2 rings (SSSR count). The molecule has 6 nitrogen and oxygen atoms in total. The van der Waals surface area contributed by atoms with Gasteiger partial charge < -0.3 is 0 Å². The maximum absolute atomic E-state index is 12.8. The van der Waals surface area contributed by atoms with Crippen molar-refractivity contribution >= 4 is 21.6 Å². The van der Waals surface area contributed by atoms with Crippen LogP contribution < -0.4 is 5.43 Å². The van der Waals surface area contributed by atoms with E-state index in [1.807, 2.05) is 0 Å². The van der Waals surface area contributed by atoms with Gasteiger partial charge in [0.2, 0.25) is 10.0 Å². The van der Waals surface area contributed by atoms with Crippen molar-refractivity contribution in [2.75, 3.05) is 13.1 Å². The summed E-state index contributed by atoms with van der Waals surface area (Å²) in [6, 6.07) is 6.22. The lowest BCUT2D eigenvalue weighted by molar-refractivity contribution is 0.0954. The summed E-state index contributed by atoms with van der Waals surface area (Å²) in [5.41, 5.74) is 3.86. The first-order chi connectivity index (χ1) is 13.2. The molecule has 1 amide bonds. The van der Waals surface area contributed by atoms with Crippen molar-refractivity contribution in [2.45, 2.75) is 64.7 Å². The molecule has 1 N–H and O–H groups in total. The Kier molecular flexibility index (Phi) is 8.19. The number of sulfonamides is 1. The third-order valence-corrected chi connectivity index (χ3v) is 6.55. The number of carbonyl (C=O) groups is 1. The highest BCUT2D eigenvalue weighted by atomic mass is 32.2. The van der Waals surface area contributed by atoms with Gasteiger partial charge in [0.05, 0.1) is 4.90 Å². The van der Waals surface area contributed by atoms with E-state index in [0.29, 0.717) is 30.5 Å². The smallest absolute Gasteiger partial charge is 0.267 e. The van der Waals surface area contributed by atoms with E-state index < -0.39 is 10.0 Å². The molecule has 7 heteroatoms. The summed E-state index contributed by atoms with van der Waals surface area (Å²) in [5.74, 6) is 0.514. The minimum Gasteiger partial charge on any atom is -0.267 e. The van der Waals surface area contributed by atoms with E-state index in [1.54, 1.807) is 18.2 Å². The molecule has 1 fully saturated rings. The van der Waals surface area contributed by atoms with Gasteiger partial charge in [-0.25, -0.2) is 13.8 Å². The molecule has 1 aliphatic heterocycles. The maximum atomic E-state index is 12.8. The molecule has 0 radical (unpaired) electrons. The van der Waals surface area contributed by atoms with Crippen LogP contribution in [0.25, 0.3) is 0 Å². The summed E-state index contributed by atoms with van der Waals surface area (Å²) in [6.45, 7) is 9.55. The number of hydrogen-bond acceptors (Lipinski definition) is 4. The van der Waals surface area contributed by atoms with Gasteiger partial charge in [-0.1, -0.05) is 40.2 Å². The molecular weight excluding hydrogens is 374 g/mol. The molecule has 28 heavy (non-hydrogen) atoms. The second kappa shape index (κ2) is 10.2. The molecule has 0 bridgehead atoms.